The van der Waals surface area contributed by atoms with Crippen molar-refractivity contribution >= 4 is 52.1 Å². The molecule has 0 saturated carbocycles. The highest BCUT2D eigenvalue weighted by Crippen LogP contribution is 2.28. The number of halogens is 2. The van der Waals surface area contributed by atoms with Gasteiger partial charge in [-0.05, 0) is 50.5 Å². The molecule has 3 aromatic rings. The van der Waals surface area contributed by atoms with Crippen molar-refractivity contribution in [2.24, 2.45) is 18.1 Å². The normalized spacial score (nSPS) is 13.3. The number of aryl methyl sites for hydroxylation is 1. The second-order valence-electron chi connectivity index (χ2n) is 8.84. The number of hydrogen-bond donors (Lipinski definition) is 2. The Morgan fingerprint density at radius 2 is 1.83 bits per heavy atom. The largest absolute Gasteiger partial charge is 0.479 e. The maximum Gasteiger partial charge on any atom is 0.262 e. The molecule has 0 spiro atoms. The summed E-state index contributed by atoms with van der Waals surface area (Å²) >= 11 is 12.0. The van der Waals surface area contributed by atoms with Gasteiger partial charge >= 0.3 is 0 Å². The van der Waals surface area contributed by atoms with Gasteiger partial charge in [-0.25, -0.2) is 5.43 Å². The molecule has 2 aromatic carbocycles. The van der Waals surface area contributed by atoms with E-state index in [2.05, 4.69) is 20.4 Å². The molecule has 0 saturated heterocycles. The van der Waals surface area contributed by atoms with Gasteiger partial charge in [-0.1, -0.05) is 55.2 Å². The summed E-state index contributed by atoms with van der Waals surface area (Å²) in [5.41, 5.74) is 5.61. The molecule has 2 amide bonds. The molecule has 9 heteroatoms. The highest BCUT2D eigenvalue weighted by atomic mass is 35.5. The first kappa shape index (κ1) is 26.6. The summed E-state index contributed by atoms with van der Waals surface area (Å²) in [5, 5.41) is 8.76. The van der Waals surface area contributed by atoms with E-state index in [1.807, 2.05) is 52.1 Å². The molecule has 186 valence electrons. The fourth-order valence-electron chi connectivity index (χ4n) is 3.76. The van der Waals surface area contributed by atoms with Crippen LogP contribution in [0, 0.1) is 12.8 Å². The van der Waals surface area contributed by atoms with Gasteiger partial charge in [-0.15, -0.1) is 0 Å². The van der Waals surface area contributed by atoms with E-state index in [1.54, 1.807) is 25.3 Å². The van der Waals surface area contributed by atoms with Crippen molar-refractivity contribution in [3.63, 3.8) is 0 Å². The maximum absolute atomic E-state index is 12.9. The van der Waals surface area contributed by atoms with Crippen molar-refractivity contribution in [2.75, 3.05) is 0 Å². The van der Waals surface area contributed by atoms with Crippen LogP contribution in [0.2, 0.25) is 10.0 Å². The lowest BCUT2D eigenvalue weighted by Crippen LogP contribution is -2.49. The van der Waals surface area contributed by atoms with Crippen LogP contribution in [-0.4, -0.2) is 34.7 Å². The van der Waals surface area contributed by atoms with Crippen LogP contribution in [0.15, 0.2) is 47.6 Å². The summed E-state index contributed by atoms with van der Waals surface area (Å²) in [6, 6.07) is 12.0. The van der Waals surface area contributed by atoms with Crippen molar-refractivity contribution in [1.82, 2.24) is 15.3 Å². The van der Waals surface area contributed by atoms with Crippen molar-refractivity contribution in [3.8, 4) is 5.75 Å². The van der Waals surface area contributed by atoms with Crippen LogP contribution in [0.25, 0.3) is 10.9 Å². The Hall–Kier alpha value is -3.03. The van der Waals surface area contributed by atoms with Crippen molar-refractivity contribution in [2.45, 2.75) is 46.3 Å². The monoisotopic (exact) mass is 516 g/mol. The highest BCUT2D eigenvalue weighted by Gasteiger charge is 2.25. The highest BCUT2D eigenvalue weighted by molar-refractivity contribution is 6.35. The lowest BCUT2D eigenvalue weighted by molar-refractivity contribution is -0.132. The number of amides is 2. The minimum atomic E-state index is -0.877. The molecular weight excluding hydrogens is 487 g/mol. The third kappa shape index (κ3) is 6.55. The van der Waals surface area contributed by atoms with E-state index in [0.29, 0.717) is 22.2 Å². The number of aromatic nitrogens is 1. The number of benzene rings is 2. The maximum atomic E-state index is 12.9. The van der Waals surface area contributed by atoms with Crippen molar-refractivity contribution in [1.29, 1.82) is 0 Å². The Labute approximate surface area is 215 Å². The molecule has 35 heavy (non-hydrogen) atoms. The molecule has 0 bridgehead atoms. The lowest BCUT2D eigenvalue weighted by Gasteiger charge is -2.22. The number of fused-ring (bicyclic) bond motifs is 1. The third-order valence-electron chi connectivity index (χ3n) is 5.72. The average molecular weight is 517 g/mol. The first-order valence-electron chi connectivity index (χ1n) is 11.4. The number of carbonyl (C=O) groups is 2. The summed E-state index contributed by atoms with van der Waals surface area (Å²) in [5.74, 6) is -0.348. The summed E-state index contributed by atoms with van der Waals surface area (Å²) in [6.07, 6.45) is 1.20. The minimum Gasteiger partial charge on any atom is -0.479 e. The predicted molar refractivity (Wildman–Crippen MR) is 141 cm³/mol. The molecule has 7 nitrogen and oxygen atoms in total. The van der Waals surface area contributed by atoms with Gasteiger partial charge in [-0.2, -0.15) is 5.10 Å². The van der Waals surface area contributed by atoms with E-state index in [0.717, 1.165) is 22.2 Å². The van der Waals surface area contributed by atoms with E-state index in [9.17, 15) is 9.59 Å². The second kappa shape index (κ2) is 11.6. The fourth-order valence-corrected chi connectivity index (χ4v) is 4.21. The van der Waals surface area contributed by atoms with Crippen LogP contribution in [-0.2, 0) is 16.6 Å². The van der Waals surface area contributed by atoms with E-state index < -0.39 is 24.0 Å². The summed E-state index contributed by atoms with van der Waals surface area (Å²) in [6.45, 7) is 7.54. The summed E-state index contributed by atoms with van der Waals surface area (Å²) in [7, 11) is 1.99. The molecule has 2 atom stereocenters. The third-order valence-corrected chi connectivity index (χ3v) is 6.25. The molecule has 2 N–H and O–H groups in total. The number of hydrazone groups is 1. The van der Waals surface area contributed by atoms with E-state index in [-0.39, 0.29) is 5.92 Å². The van der Waals surface area contributed by atoms with Crippen LogP contribution in [0.3, 0.4) is 0 Å². The standard InChI is InChI=1S/C26H30Cl2N4O3/c1-15(2)12-22(30-25(33)17(4)35-24-11-10-18(27)13-21(24)28)26(34)31-29-14-20-16(3)32(5)23-9-7-6-8-19(20)23/h6-11,13-15,17,22H,12H2,1-5H3,(H,30,33)(H,31,34)/b29-14-/t17-,22+/m1/s1. The number of nitrogens with one attached hydrogen (secondary N) is 2. The quantitative estimate of drug-likeness (QED) is 0.301. The van der Waals surface area contributed by atoms with Gasteiger partial charge in [0.1, 0.15) is 11.8 Å². The van der Waals surface area contributed by atoms with E-state index in [4.69, 9.17) is 27.9 Å². The molecule has 3 rings (SSSR count). The Morgan fingerprint density at radius 1 is 1.11 bits per heavy atom. The molecule has 1 heterocycles. The van der Waals surface area contributed by atoms with Gasteiger partial charge in [0.05, 0.1) is 11.2 Å². The topological polar surface area (TPSA) is 84.7 Å². The molecule has 0 radical (unpaired) electrons. The predicted octanol–water partition coefficient (Wildman–Crippen LogP) is 5.24. The number of carbonyl (C=O) groups excluding carboxylic acids is 2. The van der Waals surface area contributed by atoms with Gasteiger partial charge in [0, 0.05) is 34.2 Å². The molecule has 0 unspecified atom stereocenters. The molecule has 0 aliphatic carbocycles. The van der Waals surface area contributed by atoms with Gasteiger partial charge < -0.3 is 14.6 Å². The van der Waals surface area contributed by atoms with Crippen LogP contribution in [0.4, 0.5) is 0 Å². The summed E-state index contributed by atoms with van der Waals surface area (Å²) in [4.78, 5) is 25.7. The molecule has 0 aliphatic rings. The lowest BCUT2D eigenvalue weighted by atomic mass is 10.0. The molecule has 0 fully saturated rings. The molecule has 0 aliphatic heterocycles. The Morgan fingerprint density at radius 3 is 2.51 bits per heavy atom. The number of para-hydroxylation sites is 1. The van der Waals surface area contributed by atoms with Crippen molar-refractivity contribution < 1.29 is 14.3 Å². The fraction of sp³-hybridized carbons (Fsp3) is 0.346. The van der Waals surface area contributed by atoms with Gasteiger partial charge in [-0.3, -0.25) is 9.59 Å². The van der Waals surface area contributed by atoms with Gasteiger partial charge in [0.15, 0.2) is 6.10 Å². The number of ether oxygens (including phenoxy) is 1. The Bertz CT molecular complexity index is 1250. The van der Waals surface area contributed by atoms with Crippen LogP contribution in [0.1, 0.15) is 38.4 Å². The zero-order valence-corrected chi connectivity index (χ0v) is 21.9. The number of nitrogens with zero attached hydrogens (tertiary/aromatic N) is 2. The minimum absolute atomic E-state index is 0.164. The smallest absolute Gasteiger partial charge is 0.262 e. The molecular formula is C26H30Cl2N4O3. The summed E-state index contributed by atoms with van der Waals surface area (Å²) < 4.78 is 7.75. The zero-order chi connectivity index (χ0) is 25.7. The van der Waals surface area contributed by atoms with Crippen LogP contribution >= 0.6 is 23.2 Å². The van der Waals surface area contributed by atoms with E-state index in [1.165, 1.54) is 6.07 Å². The molecule has 1 aromatic heterocycles. The van der Waals surface area contributed by atoms with Gasteiger partial charge in [0.25, 0.3) is 11.8 Å². The van der Waals surface area contributed by atoms with Crippen LogP contribution in [0.5, 0.6) is 5.75 Å². The first-order valence-corrected chi connectivity index (χ1v) is 12.1. The van der Waals surface area contributed by atoms with Gasteiger partial charge in [0.2, 0.25) is 0 Å². The van der Waals surface area contributed by atoms with Crippen LogP contribution < -0.4 is 15.5 Å². The number of rotatable bonds is 9. The average Bonchev–Trinajstić information content (AvgIpc) is 3.05. The second-order valence-corrected chi connectivity index (χ2v) is 9.68. The SMILES string of the molecule is Cc1c(/C=N\NC(=O)[C@H](CC(C)C)NC(=O)[C@@H](C)Oc2ccc(Cl)cc2Cl)c2ccccc2n1C. The first-order chi connectivity index (χ1) is 16.6. The Balaban J connectivity index is 1.68. The number of hydrogen-bond acceptors (Lipinski definition) is 4. The zero-order valence-electron chi connectivity index (χ0n) is 20.4. The van der Waals surface area contributed by atoms with E-state index >= 15 is 0 Å². The Kier molecular flexibility index (Phi) is 8.81. The van der Waals surface area contributed by atoms with Crippen molar-refractivity contribution in [3.05, 3.63) is 63.8 Å².